The van der Waals surface area contributed by atoms with Crippen molar-refractivity contribution in [2.45, 2.75) is 19.4 Å². The van der Waals surface area contributed by atoms with Crippen molar-refractivity contribution < 1.29 is 9.47 Å². The maximum Gasteiger partial charge on any atom is 0.123 e. The lowest BCUT2D eigenvalue weighted by Gasteiger charge is -2.22. The Morgan fingerprint density at radius 3 is 2.36 bits per heavy atom. The molecule has 0 atom stereocenters. The molecule has 0 radical (unpaired) electrons. The fourth-order valence-corrected chi connectivity index (χ4v) is 2.66. The third-order valence-electron chi connectivity index (χ3n) is 4.00. The minimum Gasteiger partial charge on any atom is -0.493 e. The van der Waals surface area contributed by atoms with E-state index in [9.17, 15) is 0 Å². The number of benzene rings is 2. The van der Waals surface area contributed by atoms with Gasteiger partial charge in [-0.05, 0) is 49.5 Å². The highest BCUT2D eigenvalue weighted by Crippen LogP contribution is 2.22. The van der Waals surface area contributed by atoms with Crippen molar-refractivity contribution in [1.82, 2.24) is 5.32 Å². The van der Waals surface area contributed by atoms with Crippen LogP contribution in [0.25, 0.3) is 0 Å². The summed E-state index contributed by atoms with van der Waals surface area (Å²) in [4.78, 5) is 0. The Morgan fingerprint density at radius 1 is 0.864 bits per heavy atom. The van der Waals surface area contributed by atoms with Gasteiger partial charge >= 0.3 is 0 Å². The van der Waals surface area contributed by atoms with Crippen molar-refractivity contribution in [2.75, 3.05) is 19.7 Å². The van der Waals surface area contributed by atoms with E-state index >= 15 is 0 Å². The molecule has 0 saturated carbocycles. The Hall–Kier alpha value is -2.00. The van der Waals surface area contributed by atoms with E-state index in [0.29, 0.717) is 12.5 Å². The van der Waals surface area contributed by atoms with E-state index in [2.05, 4.69) is 17.4 Å². The van der Waals surface area contributed by atoms with Crippen LogP contribution in [-0.4, -0.2) is 19.7 Å². The maximum atomic E-state index is 5.93. The molecule has 1 aliphatic rings. The fraction of sp³-hybridized carbons (Fsp3) is 0.368. The zero-order valence-electron chi connectivity index (χ0n) is 12.8. The van der Waals surface area contributed by atoms with E-state index in [-0.39, 0.29) is 0 Å². The molecule has 3 rings (SSSR count). The zero-order valence-corrected chi connectivity index (χ0v) is 12.8. The fourth-order valence-electron chi connectivity index (χ4n) is 2.66. The Balaban J connectivity index is 1.51. The van der Waals surface area contributed by atoms with Crippen LogP contribution in [0.15, 0.2) is 54.6 Å². The Labute approximate surface area is 132 Å². The van der Waals surface area contributed by atoms with Crippen LogP contribution < -0.4 is 14.8 Å². The van der Waals surface area contributed by atoms with Gasteiger partial charge in [0.1, 0.15) is 18.1 Å². The van der Waals surface area contributed by atoms with E-state index < -0.39 is 0 Å². The van der Waals surface area contributed by atoms with Crippen LogP contribution in [0, 0.1) is 5.92 Å². The molecule has 22 heavy (non-hydrogen) atoms. The molecule has 1 saturated heterocycles. The molecule has 116 valence electrons. The van der Waals surface area contributed by atoms with Crippen molar-refractivity contribution in [3.8, 4) is 11.5 Å². The van der Waals surface area contributed by atoms with E-state index in [0.717, 1.165) is 31.2 Å². The van der Waals surface area contributed by atoms with Gasteiger partial charge in [-0.3, -0.25) is 0 Å². The summed E-state index contributed by atoms with van der Waals surface area (Å²) in [7, 11) is 0. The van der Waals surface area contributed by atoms with Crippen LogP contribution in [0.2, 0.25) is 0 Å². The minimum absolute atomic E-state index is 0.582. The molecule has 0 spiro atoms. The van der Waals surface area contributed by atoms with Crippen LogP contribution in [0.3, 0.4) is 0 Å². The number of hydrogen-bond acceptors (Lipinski definition) is 3. The lowest BCUT2D eigenvalue weighted by Crippen LogP contribution is -2.30. The molecule has 0 unspecified atom stereocenters. The van der Waals surface area contributed by atoms with Crippen molar-refractivity contribution in [3.05, 3.63) is 60.2 Å². The summed E-state index contributed by atoms with van der Waals surface area (Å²) < 4.78 is 11.8. The van der Waals surface area contributed by atoms with Gasteiger partial charge in [-0.2, -0.15) is 0 Å². The molecular formula is C19H23NO2. The molecule has 1 N–H and O–H groups in total. The highest BCUT2D eigenvalue weighted by molar-refractivity contribution is 5.33. The summed E-state index contributed by atoms with van der Waals surface area (Å²) in [6.45, 7) is 3.59. The normalized spacial score (nSPS) is 15.5. The predicted molar refractivity (Wildman–Crippen MR) is 88.3 cm³/mol. The van der Waals surface area contributed by atoms with E-state index in [1.165, 1.54) is 18.4 Å². The predicted octanol–water partition coefficient (Wildman–Crippen LogP) is 3.64. The van der Waals surface area contributed by atoms with E-state index in [1.54, 1.807) is 0 Å². The maximum absolute atomic E-state index is 5.93. The number of hydrogen-bond donors (Lipinski definition) is 1. The molecule has 2 aromatic carbocycles. The standard InChI is InChI=1S/C19H23NO2/c1-2-5-16(6-3-1)14-21-18-7-4-8-19(13-18)22-15-17-9-11-20-12-10-17/h1-8,13,17,20H,9-12,14-15H2. The van der Waals surface area contributed by atoms with E-state index in [4.69, 9.17) is 9.47 Å². The molecule has 2 aromatic rings. The van der Waals surface area contributed by atoms with Gasteiger partial charge in [0.15, 0.2) is 0 Å². The van der Waals surface area contributed by atoms with Gasteiger partial charge in [0.05, 0.1) is 6.61 Å². The van der Waals surface area contributed by atoms with Crippen LogP contribution >= 0.6 is 0 Å². The number of ether oxygens (including phenoxy) is 2. The van der Waals surface area contributed by atoms with Gasteiger partial charge in [-0.15, -0.1) is 0 Å². The molecule has 3 heteroatoms. The summed E-state index contributed by atoms with van der Waals surface area (Å²) in [5, 5.41) is 3.38. The van der Waals surface area contributed by atoms with Crippen LogP contribution in [0.4, 0.5) is 0 Å². The summed E-state index contributed by atoms with van der Waals surface area (Å²) in [5.74, 6) is 2.41. The summed E-state index contributed by atoms with van der Waals surface area (Å²) >= 11 is 0. The molecule has 0 amide bonds. The smallest absolute Gasteiger partial charge is 0.123 e. The lowest BCUT2D eigenvalue weighted by molar-refractivity contribution is 0.214. The first-order valence-electron chi connectivity index (χ1n) is 8.00. The lowest BCUT2D eigenvalue weighted by atomic mass is 9.99. The average molecular weight is 297 g/mol. The summed E-state index contributed by atoms with van der Waals surface area (Å²) in [5.41, 5.74) is 1.17. The minimum atomic E-state index is 0.582. The van der Waals surface area contributed by atoms with E-state index in [1.807, 2.05) is 42.5 Å². The summed E-state index contributed by atoms with van der Waals surface area (Å²) in [6, 6.07) is 18.1. The van der Waals surface area contributed by atoms with Gasteiger partial charge in [0, 0.05) is 6.07 Å². The number of nitrogens with one attached hydrogen (secondary N) is 1. The quantitative estimate of drug-likeness (QED) is 0.883. The average Bonchev–Trinajstić information content (AvgIpc) is 2.60. The number of rotatable bonds is 6. The molecule has 0 bridgehead atoms. The monoisotopic (exact) mass is 297 g/mol. The van der Waals surface area contributed by atoms with Crippen LogP contribution in [0.5, 0.6) is 11.5 Å². The number of piperidine rings is 1. The molecule has 1 aliphatic heterocycles. The van der Waals surface area contributed by atoms with Crippen molar-refractivity contribution >= 4 is 0 Å². The second-order valence-electron chi connectivity index (χ2n) is 5.75. The first-order chi connectivity index (χ1) is 10.9. The highest BCUT2D eigenvalue weighted by Gasteiger charge is 2.13. The van der Waals surface area contributed by atoms with Crippen molar-refractivity contribution in [2.24, 2.45) is 5.92 Å². The van der Waals surface area contributed by atoms with Crippen molar-refractivity contribution in [1.29, 1.82) is 0 Å². The van der Waals surface area contributed by atoms with Gasteiger partial charge in [0.2, 0.25) is 0 Å². The van der Waals surface area contributed by atoms with Gasteiger partial charge in [0.25, 0.3) is 0 Å². The van der Waals surface area contributed by atoms with Crippen molar-refractivity contribution in [3.63, 3.8) is 0 Å². The zero-order chi connectivity index (χ0) is 15.0. The van der Waals surface area contributed by atoms with Gasteiger partial charge < -0.3 is 14.8 Å². The molecule has 1 heterocycles. The third-order valence-corrected chi connectivity index (χ3v) is 4.00. The first-order valence-corrected chi connectivity index (χ1v) is 8.00. The summed E-state index contributed by atoms with van der Waals surface area (Å²) in [6.07, 6.45) is 2.40. The Morgan fingerprint density at radius 2 is 1.59 bits per heavy atom. The third kappa shape index (κ3) is 4.50. The molecule has 0 aliphatic carbocycles. The van der Waals surface area contributed by atoms with Gasteiger partial charge in [-0.1, -0.05) is 36.4 Å². The highest BCUT2D eigenvalue weighted by atomic mass is 16.5. The Kier molecular flexibility index (Phi) is 5.32. The second kappa shape index (κ2) is 7.85. The molecule has 3 nitrogen and oxygen atoms in total. The van der Waals surface area contributed by atoms with Gasteiger partial charge in [-0.25, -0.2) is 0 Å². The largest absolute Gasteiger partial charge is 0.493 e. The molecule has 0 aromatic heterocycles. The molecular weight excluding hydrogens is 274 g/mol. The Bertz CT molecular complexity index is 565. The SMILES string of the molecule is c1ccc(COc2cccc(OCC3CCNCC3)c2)cc1. The van der Waals surface area contributed by atoms with Crippen LogP contribution in [0.1, 0.15) is 18.4 Å². The molecule has 1 fully saturated rings. The second-order valence-corrected chi connectivity index (χ2v) is 5.75. The first kappa shape index (κ1) is 14.9. The van der Waals surface area contributed by atoms with Crippen LogP contribution in [-0.2, 0) is 6.61 Å². The topological polar surface area (TPSA) is 30.5 Å².